The topological polar surface area (TPSA) is 70.2 Å². The van der Waals surface area contributed by atoms with Crippen molar-refractivity contribution >= 4 is 51.9 Å². The van der Waals surface area contributed by atoms with E-state index in [1.807, 2.05) is 41.8 Å². The van der Waals surface area contributed by atoms with Crippen molar-refractivity contribution in [2.24, 2.45) is 0 Å². The predicted molar refractivity (Wildman–Crippen MR) is 118 cm³/mol. The van der Waals surface area contributed by atoms with E-state index in [1.165, 1.54) is 11.3 Å². The summed E-state index contributed by atoms with van der Waals surface area (Å²) in [5.41, 5.74) is 2.56. The number of amides is 2. The third-order valence-corrected chi connectivity index (χ3v) is 4.95. The highest BCUT2D eigenvalue weighted by Crippen LogP contribution is 2.15. The fourth-order valence-electron chi connectivity index (χ4n) is 2.50. The third-order valence-electron chi connectivity index (χ3n) is 3.88. The molecular formula is C21H19N3O2S2. The Hall–Kier alpha value is -3.03. The number of benzene rings is 2. The highest BCUT2D eigenvalue weighted by Gasteiger charge is 2.09. The van der Waals surface area contributed by atoms with Crippen LogP contribution >= 0.6 is 23.6 Å². The first-order chi connectivity index (χ1) is 13.6. The SMILES string of the molecule is O=C(CCc1ccccc1)Nc1ccc(NC(=S)NC(=O)c2cccs2)cc1. The molecule has 0 bridgehead atoms. The average molecular weight is 410 g/mol. The van der Waals surface area contributed by atoms with Gasteiger partial charge in [0.05, 0.1) is 4.88 Å². The standard InChI is InChI=1S/C21H19N3O2S2/c25-19(13-8-15-5-2-1-3-6-15)22-16-9-11-17(12-10-16)23-21(27)24-20(26)18-7-4-14-28-18/h1-7,9-12,14H,8,13H2,(H,22,25)(H2,23,24,26,27). The van der Waals surface area contributed by atoms with Gasteiger partial charge in [-0.05, 0) is 59.9 Å². The second-order valence-electron chi connectivity index (χ2n) is 6.00. The van der Waals surface area contributed by atoms with E-state index < -0.39 is 0 Å². The molecule has 7 heteroatoms. The Kier molecular flexibility index (Phi) is 6.89. The zero-order valence-corrected chi connectivity index (χ0v) is 16.6. The van der Waals surface area contributed by atoms with Crippen LogP contribution in [0.1, 0.15) is 21.7 Å². The molecule has 0 aliphatic rings. The number of carbonyl (C=O) groups excluding carboxylic acids is 2. The molecule has 5 nitrogen and oxygen atoms in total. The van der Waals surface area contributed by atoms with E-state index in [0.29, 0.717) is 23.4 Å². The number of thiophene rings is 1. The minimum absolute atomic E-state index is 0.0386. The van der Waals surface area contributed by atoms with Gasteiger partial charge in [-0.25, -0.2) is 0 Å². The molecule has 0 radical (unpaired) electrons. The maximum absolute atomic E-state index is 12.1. The Balaban J connectivity index is 1.45. The quantitative estimate of drug-likeness (QED) is 0.526. The Morgan fingerprint density at radius 1 is 0.857 bits per heavy atom. The summed E-state index contributed by atoms with van der Waals surface area (Å²) in [6.07, 6.45) is 1.12. The van der Waals surface area contributed by atoms with Gasteiger partial charge >= 0.3 is 0 Å². The number of rotatable bonds is 6. The van der Waals surface area contributed by atoms with Crippen molar-refractivity contribution in [2.75, 3.05) is 10.6 Å². The van der Waals surface area contributed by atoms with Crippen LogP contribution in [0.15, 0.2) is 72.1 Å². The molecule has 0 fully saturated rings. The van der Waals surface area contributed by atoms with Gasteiger partial charge in [0, 0.05) is 17.8 Å². The average Bonchev–Trinajstić information content (AvgIpc) is 3.24. The molecule has 1 aromatic heterocycles. The minimum atomic E-state index is -0.241. The van der Waals surface area contributed by atoms with E-state index in [1.54, 1.807) is 30.3 Å². The first-order valence-corrected chi connectivity index (χ1v) is 9.98. The Bertz CT molecular complexity index is 940. The van der Waals surface area contributed by atoms with Crippen molar-refractivity contribution in [3.05, 3.63) is 82.6 Å². The van der Waals surface area contributed by atoms with E-state index in [0.717, 1.165) is 11.3 Å². The fourth-order valence-corrected chi connectivity index (χ4v) is 3.33. The molecule has 2 amide bonds. The van der Waals surface area contributed by atoms with Gasteiger partial charge in [-0.2, -0.15) is 0 Å². The molecule has 142 valence electrons. The lowest BCUT2D eigenvalue weighted by Crippen LogP contribution is -2.33. The van der Waals surface area contributed by atoms with Crippen LogP contribution in [0.2, 0.25) is 0 Å². The van der Waals surface area contributed by atoms with Crippen molar-refractivity contribution in [1.29, 1.82) is 0 Å². The third kappa shape index (κ3) is 6.00. The Labute approximate surface area is 172 Å². The van der Waals surface area contributed by atoms with Crippen LogP contribution in [-0.4, -0.2) is 16.9 Å². The van der Waals surface area contributed by atoms with Gasteiger partial charge in [-0.15, -0.1) is 11.3 Å². The fraction of sp³-hybridized carbons (Fsp3) is 0.0952. The van der Waals surface area contributed by atoms with Gasteiger partial charge < -0.3 is 10.6 Å². The number of anilines is 2. The minimum Gasteiger partial charge on any atom is -0.332 e. The molecule has 0 saturated heterocycles. The van der Waals surface area contributed by atoms with Crippen LogP contribution < -0.4 is 16.0 Å². The molecule has 3 aromatic rings. The van der Waals surface area contributed by atoms with E-state index in [9.17, 15) is 9.59 Å². The van der Waals surface area contributed by atoms with Gasteiger partial charge in [0.2, 0.25) is 5.91 Å². The summed E-state index contributed by atoms with van der Waals surface area (Å²) < 4.78 is 0. The van der Waals surface area contributed by atoms with Crippen LogP contribution in [0.3, 0.4) is 0 Å². The number of hydrogen-bond donors (Lipinski definition) is 3. The molecule has 28 heavy (non-hydrogen) atoms. The first kappa shape index (κ1) is 19.7. The van der Waals surface area contributed by atoms with Gasteiger partial charge in [-0.3, -0.25) is 14.9 Å². The second-order valence-corrected chi connectivity index (χ2v) is 7.35. The van der Waals surface area contributed by atoms with E-state index in [4.69, 9.17) is 12.2 Å². The maximum atomic E-state index is 12.1. The maximum Gasteiger partial charge on any atom is 0.267 e. The second kappa shape index (κ2) is 9.77. The molecule has 0 saturated carbocycles. The monoisotopic (exact) mass is 409 g/mol. The normalized spacial score (nSPS) is 10.1. The lowest BCUT2D eigenvalue weighted by atomic mass is 10.1. The highest BCUT2D eigenvalue weighted by molar-refractivity contribution is 7.80. The largest absolute Gasteiger partial charge is 0.332 e. The van der Waals surface area contributed by atoms with Crippen LogP contribution in [0.4, 0.5) is 11.4 Å². The van der Waals surface area contributed by atoms with Crippen molar-refractivity contribution in [3.8, 4) is 0 Å². The molecular weight excluding hydrogens is 390 g/mol. The number of aryl methyl sites for hydroxylation is 1. The number of hydrogen-bond acceptors (Lipinski definition) is 4. The smallest absolute Gasteiger partial charge is 0.267 e. The van der Waals surface area contributed by atoms with Crippen LogP contribution in [-0.2, 0) is 11.2 Å². The molecule has 0 unspecified atom stereocenters. The number of nitrogens with one attached hydrogen (secondary N) is 3. The van der Waals surface area contributed by atoms with Crippen molar-refractivity contribution in [3.63, 3.8) is 0 Å². The van der Waals surface area contributed by atoms with Gasteiger partial charge in [0.25, 0.3) is 5.91 Å². The molecule has 1 heterocycles. The van der Waals surface area contributed by atoms with E-state index in [2.05, 4.69) is 16.0 Å². The van der Waals surface area contributed by atoms with Crippen LogP contribution in [0.5, 0.6) is 0 Å². The lowest BCUT2D eigenvalue weighted by Gasteiger charge is -2.10. The summed E-state index contributed by atoms with van der Waals surface area (Å²) in [4.78, 5) is 24.7. The first-order valence-electron chi connectivity index (χ1n) is 8.70. The molecule has 0 spiro atoms. The molecule has 0 aliphatic heterocycles. The summed E-state index contributed by atoms with van der Waals surface area (Å²) in [5.74, 6) is -0.280. The van der Waals surface area contributed by atoms with E-state index >= 15 is 0 Å². The number of carbonyl (C=O) groups is 2. The predicted octanol–water partition coefficient (Wildman–Crippen LogP) is 4.45. The molecule has 3 rings (SSSR count). The highest BCUT2D eigenvalue weighted by atomic mass is 32.1. The van der Waals surface area contributed by atoms with Gasteiger partial charge in [0.1, 0.15) is 0 Å². The summed E-state index contributed by atoms with van der Waals surface area (Å²) >= 11 is 6.51. The summed E-state index contributed by atoms with van der Waals surface area (Å²) in [7, 11) is 0. The molecule has 0 aliphatic carbocycles. The summed E-state index contributed by atoms with van der Waals surface area (Å²) in [6, 6.07) is 20.6. The van der Waals surface area contributed by atoms with Crippen molar-refractivity contribution in [2.45, 2.75) is 12.8 Å². The van der Waals surface area contributed by atoms with Crippen LogP contribution in [0, 0.1) is 0 Å². The van der Waals surface area contributed by atoms with E-state index in [-0.39, 0.29) is 16.9 Å². The van der Waals surface area contributed by atoms with Crippen molar-refractivity contribution < 1.29 is 9.59 Å². The molecule has 0 atom stereocenters. The Morgan fingerprint density at radius 3 is 2.18 bits per heavy atom. The zero-order chi connectivity index (χ0) is 19.8. The summed E-state index contributed by atoms with van der Waals surface area (Å²) in [5, 5.41) is 10.5. The lowest BCUT2D eigenvalue weighted by molar-refractivity contribution is -0.116. The molecule has 2 aromatic carbocycles. The zero-order valence-electron chi connectivity index (χ0n) is 15.0. The molecule has 3 N–H and O–H groups in total. The van der Waals surface area contributed by atoms with Gasteiger partial charge in [-0.1, -0.05) is 36.4 Å². The summed E-state index contributed by atoms with van der Waals surface area (Å²) in [6.45, 7) is 0. The van der Waals surface area contributed by atoms with Gasteiger partial charge in [0.15, 0.2) is 5.11 Å². The van der Waals surface area contributed by atoms with Crippen LogP contribution in [0.25, 0.3) is 0 Å². The Morgan fingerprint density at radius 2 is 1.54 bits per heavy atom. The van der Waals surface area contributed by atoms with Crippen molar-refractivity contribution in [1.82, 2.24) is 5.32 Å². The number of thiocarbonyl (C=S) groups is 1.